The van der Waals surface area contributed by atoms with Crippen LogP contribution in [0.15, 0.2) is 24.5 Å². The average molecular weight is 249 g/mol. The largest absolute Gasteiger partial charge is 0.337 e. The molecular weight excluding hydrogens is 226 g/mol. The second kappa shape index (κ2) is 7.11. The molecule has 1 heterocycles. The maximum atomic E-state index is 12.3. The van der Waals surface area contributed by atoms with Crippen molar-refractivity contribution in [2.45, 2.75) is 39.8 Å². The SMILES string of the molecule is CCC(C)[C@H](N)C(=O)N(CC)Cc1ccncc1. The Bertz CT molecular complexity index is 367. The van der Waals surface area contributed by atoms with Crippen LogP contribution < -0.4 is 5.73 Å². The van der Waals surface area contributed by atoms with Crippen LogP contribution in [0.1, 0.15) is 32.8 Å². The molecule has 0 aliphatic heterocycles. The quantitative estimate of drug-likeness (QED) is 0.836. The van der Waals surface area contributed by atoms with Crippen LogP contribution in [0, 0.1) is 5.92 Å². The fourth-order valence-electron chi connectivity index (χ4n) is 1.76. The van der Waals surface area contributed by atoms with E-state index >= 15 is 0 Å². The highest BCUT2D eigenvalue weighted by Crippen LogP contribution is 2.11. The molecule has 1 aromatic heterocycles. The van der Waals surface area contributed by atoms with Gasteiger partial charge in [-0.05, 0) is 30.5 Å². The van der Waals surface area contributed by atoms with Crippen molar-refractivity contribution >= 4 is 5.91 Å². The first-order valence-electron chi connectivity index (χ1n) is 6.53. The summed E-state index contributed by atoms with van der Waals surface area (Å²) in [5.41, 5.74) is 7.08. The normalized spacial score (nSPS) is 14.0. The van der Waals surface area contributed by atoms with Gasteiger partial charge in [0.15, 0.2) is 0 Å². The van der Waals surface area contributed by atoms with Crippen LogP contribution in [0.3, 0.4) is 0 Å². The molecule has 0 radical (unpaired) electrons. The first-order chi connectivity index (χ1) is 8.60. The third kappa shape index (κ3) is 3.81. The van der Waals surface area contributed by atoms with Crippen molar-refractivity contribution in [3.8, 4) is 0 Å². The molecular formula is C14H23N3O. The molecule has 18 heavy (non-hydrogen) atoms. The van der Waals surface area contributed by atoms with Gasteiger partial charge in [-0.15, -0.1) is 0 Å². The molecule has 1 amide bonds. The summed E-state index contributed by atoms with van der Waals surface area (Å²) >= 11 is 0. The van der Waals surface area contributed by atoms with E-state index in [1.807, 2.05) is 26.0 Å². The summed E-state index contributed by atoms with van der Waals surface area (Å²) in [7, 11) is 0. The molecule has 0 bridgehead atoms. The molecule has 2 atom stereocenters. The van der Waals surface area contributed by atoms with Gasteiger partial charge < -0.3 is 10.6 Å². The first kappa shape index (κ1) is 14.6. The Labute approximate surface area is 109 Å². The first-order valence-corrected chi connectivity index (χ1v) is 6.53. The third-order valence-electron chi connectivity index (χ3n) is 3.36. The van der Waals surface area contributed by atoms with Gasteiger partial charge in [0, 0.05) is 25.5 Å². The van der Waals surface area contributed by atoms with E-state index < -0.39 is 6.04 Å². The van der Waals surface area contributed by atoms with E-state index in [9.17, 15) is 4.79 Å². The maximum Gasteiger partial charge on any atom is 0.240 e. The second-order valence-corrected chi connectivity index (χ2v) is 4.62. The monoisotopic (exact) mass is 249 g/mol. The molecule has 1 aromatic rings. The van der Waals surface area contributed by atoms with Gasteiger partial charge in [0.05, 0.1) is 6.04 Å². The van der Waals surface area contributed by atoms with Gasteiger partial charge in [-0.25, -0.2) is 0 Å². The van der Waals surface area contributed by atoms with E-state index in [-0.39, 0.29) is 11.8 Å². The number of aromatic nitrogens is 1. The Morgan fingerprint density at radius 2 is 2.00 bits per heavy atom. The molecule has 0 fully saturated rings. The lowest BCUT2D eigenvalue weighted by Gasteiger charge is -2.27. The van der Waals surface area contributed by atoms with Gasteiger partial charge in [-0.3, -0.25) is 9.78 Å². The van der Waals surface area contributed by atoms with Crippen LogP contribution in [0.25, 0.3) is 0 Å². The van der Waals surface area contributed by atoms with Crippen LogP contribution in [-0.2, 0) is 11.3 Å². The lowest BCUT2D eigenvalue weighted by Crippen LogP contribution is -2.46. The Hall–Kier alpha value is -1.42. The topological polar surface area (TPSA) is 59.2 Å². The van der Waals surface area contributed by atoms with Gasteiger partial charge in [-0.2, -0.15) is 0 Å². The Kier molecular flexibility index (Phi) is 5.78. The van der Waals surface area contributed by atoms with Crippen molar-refractivity contribution < 1.29 is 4.79 Å². The lowest BCUT2D eigenvalue weighted by atomic mass is 9.98. The highest BCUT2D eigenvalue weighted by Gasteiger charge is 2.23. The standard InChI is InChI=1S/C14H23N3O/c1-4-11(3)13(15)14(18)17(5-2)10-12-6-8-16-9-7-12/h6-9,11,13H,4-5,10,15H2,1-3H3/t11?,13-/m0/s1. The fraction of sp³-hybridized carbons (Fsp3) is 0.571. The number of hydrogen-bond donors (Lipinski definition) is 1. The molecule has 0 aliphatic carbocycles. The number of amides is 1. The molecule has 4 nitrogen and oxygen atoms in total. The van der Waals surface area contributed by atoms with Crippen molar-refractivity contribution in [2.75, 3.05) is 6.54 Å². The van der Waals surface area contributed by atoms with Gasteiger partial charge in [0.2, 0.25) is 5.91 Å². The lowest BCUT2D eigenvalue weighted by molar-refractivity contribution is -0.134. The Morgan fingerprint density at radius 3 is 2.50 bits per heavy atom. The minimum atomic E-state index is -0.406. The van der Waals surface area contributed by atoms with Crippen LogP contribution in [-0.4, -0.2) is 28.4 Å². The van der Waals surface area contributed by atoms with Crippen molar-refractivity contribution in [1.29, 1.82) is 0 Å². The predicted molar refractivity (Wildman–Crippen MR) is 72.8 cm³/mol. The molecule has 1 unspecified atom stereocenters. The van der Waals surface area contributed by atoms with Crippen LogP contribution in [0.5, 0.6) is 0 Å². The van der Waals surface area contributed by atoms with Gasteiger partial charge in [0.25, 0.3) is 0 Å². The number of hydrogen-bond acceptors (Lipinski definition) is 3. The third-order valence-corrected chi connectivity index (χ3v) is 3.36. The number of carbonyl (C=O) groups is 1. The molecule has 0 aliphatic rings. The summed E-state index contributed by atoms with van der Waals surface area (Å²) in [6.45, 7) is 7.31. The summed E-state index contributed by atoms with van der Waals surface area (Å²) < 4.78 is 0. The van der Waals surface area contributed by atoms with E-state index in [0.29, 0.717) is 13.1 Å². The van der Waals surface area contributed by atoms with Crippen LogP contribution in [0.2, 0.25) is 0 Å². The molecule has 100 valence electrons. The fourth-order valence-corrected chi connectivity index (χ4v) is 1.76. The van der Waals surface area contributed by atoms with Crippen molar-refractivity contribution in [3.63, 3.8) is 0 Å². The van der Waals surface area contributed by atoms with E-state index in [1.54, 1.807) is 17.3 Å². The van der Waals surface area contributed by atoms with Crippen molar-refractivity contribution in [3.05, 3.63) is 30.1 Å². The highest BCUT2D eigenvalue weighted by atomic mass is 16.2. The number of likely N-dealkylation sites (N-methyl/N-ethyl adjacent to an activating group) is 1. The number of rotatable bonds is 6. The summed E-state index contributed by atoms with van der Waals surface area (Å²) in [4.78, 5) is 18.0. The number of nitrogens with zero attached hydrogens (tertiary/aromatic N) is 2. The van der Waals surface area contributed by atoms with E-state index in [4.69, 9.17) is 5.73 Å². The van der Waals surface area contributed by atoms with Gasteiger partial charge in [-0.1, -0.05) is 20.3 Å². The van der Waals surface area contributed by atoms with Crippen LogP contribution >= 0.6 is 0 Å². The zero-order valence-electron chi connectivity index (χ0n) is 11.5. The molecule has 1 rings (SSSR count). The second-order valence-electron chi connectivity index (χ2n) is 4.62. The number of nitrogens with two attached hydrogens (primary N) is 1. The van der Waals surface area contributed by atoms with Crippen molar-refractivity contribution in [2.24, 2.45) is 11.7 Å². The van der Waals surface area contributed by atoms with Crippen molar-refractivity contribution in [1.82, 2.24) is 9.88 Å². The minimum absolute atomic E-state index is 0.0312. The summed E-state index contributed by atoms with van der Waals surface area (Å²) in [5, 5.41) is 0. The Morgan fingerprint density at radius 1 is 1.39 bits per heavy atom. The Balaban J connectivity index is 2.69. The highest BCUT2D eigenvalue weighted by molar-refractivity contribution is 5.81. The van der Waals surface area contributed by atoms with E-state index in [2.05, 4.69) is 11.9 Å². The zero-order chi connectivity index (χ0) is 13.5. The van der Waals surface area contributed by atoms with Gasteiger partial charge in [0.1, 0.15) is 0 Å². The maximum absolute atomic E-state index is 12.3. The van der Waals surface area contributed by atoms with Crippen LogP contribution in [0.4, 0.5) is 0 Å². The summed E-state index contributed by atoms with van der Waals surface area (Å²) in [6, 6.07) is 3.44. The molecule has 4 heteroatoms. The minimum Gasteiger partial charge on any atom is -0.337 e. The smallest absolute Gasteiger partial charge is 0.240 e. The molecule has 0 spiro atoms. The average Bonchev–Trinajstić information content (AvgIpc) is 2.43. The van der Waals surface area contributed by atoms with E-state index in [1.165, 1.54) is 0 Å². The van der Waals surface area contributed by atoms with Gasteiger partial charge >= 0.3 is 0 Å². The molecule has 2 N–H and O–H groups in total. The molecule has 0 aromatic carbocycles. The van der Waals surface area contributed by atoms with E-state index in [0.717, 1.165) is 12.0 Å². The molecule has 0 saturated carbocycles. The summed E-state index contributed by atoms with van der Waals surface area (Å²) in [6.07, 6.45) is 4.39. The summed E-state index contributed by atoms with van der Waals surface area (Å²) in [5.74, 6) is 0.243. The number of pyridine rings is 1. The number of carbonyl (C=O) groups excluding carboxylic acids is 1. The predicted octanol–water partition coefficient (Wildman–Crippen LogP) is 1.80. The zero-order valence-corrected chi connectivity index (χ0v) is 11.5. The molecule has 0 saturated heterocycles.